The summed E-state index contributed by atoms with van der Waals surface area (Å²) in [6.45, 7) is 2.02. The summed E-state index contributed by atoms with van der Waals surface area (Å²) in [5.41, 5.74) is 0. The van der Waals surface area contributed by atoms with Crippen LogP contribution in [-0.2, 0) is 10.1 Å². The summed E-state index contributed by atoms with van der Waals surface area (Å²) < 4.78 is 31.1. The van der Waals surface area contributed by atoms with Gasteiger partial charge in [0.25, 0.3) is 0 Å². The van der Waals surface area contributed by atoms with Crippen LogP contribution in [0.25, 0.3) is 0 Å². The number of hydrogen-bond donors (Lipinski definition) is 0. The summed E-state index contributed by atoms with van der Waals surface area (Å²) >= 11 is 0. The van der Waals surface area contributed by atoms with Crippen LogP contribution >= 0.6 is 0 Å². The molecule has 4 heteroatoms. The van der Waals surface area contributed by atoms with Crippen LogP contribution in [0.3, 0.4) is 0 Å². The first-order valence-electron chi connectivity index (χ1n) is 3.92. The van der Waals surface area contributed by atoms with E-state index in [1.54, 1.807) is 0 Å². The van der Waals surface area contributed by atoms with Gasteiger partial charge >= 0.3 is 0 Å². The Labute approximate surface area is 67.6 Å². The molecule has 0 amide bonds. The van der Waals surface area contributed by atoms with Crippen molar-refractivity contribution in [3.05, 3.63) is 0 Å². The fourth-order valence-electron chi connectivity index (χ4n) is 1.73. The lowest BCUT2D eigenvalue weighted by Crippen LogP contribution is -2.17. The normalized spacial score (nSPS) is 32.5. The lowest BCUT2D eigenvalue weighted by atomic mass is 10.0. The number of rotatable bonds is 2. The molecule has 0 N–H and O–H groups in total. The quantitative estimate of drug-likeness (QED) is 0.590. The van der Waals surface area contributed by atoms with Crippen LogP contribution in [0.2, 0.25) is 0 Å². The maximum absolute atomic E-state index is 10.4. The van der Waals surface area contributed by atoms with E-state index in [4.69, 9.17) is 0 Å². The molecule has 0 aliphatic heterocycles. The second-order valence-corrected chi connectivity index (χ2v) is 4.84. The van der Waals surface area contributed by atoms with Crippen LogP contribution < -0.4 is 0 Å². The minimum absolute atomic E-state index is 0.123. The van der Waals surface area contributed by atoms with E-state index < -0.39 is 10.1 Å². The largest absolute Gasteiger partial charge is 0.748 e. The molecule has 0 heterocycles. The van der Waals surface area contributed by atoms with Crippen LogP contribution in [0.5, 0.6) is 0 Å². The van der Waals surface area contributed by atoms with E-state index >= 15 is 0 Å². The van der Waals surface area contributed by atoms with Crippen molar-refractivity contribution in [3.8, 4) is 0 Å². The van der Waals surface area contributed by atoms with Gasteiger partial charge in [-0.25, -0.2) is 8.42 Å². The van der Waals surface area contributed by atoms with Crippen molar-refractivity contribution in [1.29, 1.82) is 0 Å². The minimum atomic E-state index is -3.99. The van der Waals surface area contributed by atoms with Crippen LogP contribution in [0.15, 0.2) is 0 Å². The lowest BCUT2D eigenvalue weighted by Gasteiger charge is -2.16. The van der Waals surface area contributed by atoms with Crippen LogP contribution in [0.4, 0.5) is 0 Å². The highest BCUT2D eigenvalue weighted by atomic mass is 32.2. The fraction of sp³-hybridized carbons (Fsp3) is 1.00. The molecule has 2 unspecified atom stereocenters. The molecule has 2 atom stereocenters. The highest BCUT2D eigenvalue weighted by molar-refractivity contribution is 7.85. The molecular weight excluding hydrogens is 164 g/mol. The summed E-state index contributed by atoms with van der Waals surface area (Å²) in [6, 6.07) is 0. The predicted octanol–water partition coefficient (Wildman–Crippen LogP) is 0.968. The van der Waals surface area contributed by atoms with Crippen LogP contribution in [0, 0.1) is 11.8 Å². The maximum Gasteiger partial charge on any atom is 0.0948 e. The van der Waals surface area contributed by atoms with Gasteiger partial charge in [0.2, 0.25) is 0 Å². The smallest absolute Gasteiger partial charge is 0.0948 e. The molecule has 0 aromatic heterocycles. The second-order valence-electron chi connectivity index (χ2n) is 3.39. The summed E-state index contributed by atoms with van der Waals surface area (Å²) in [5.74, 6) is 0.380. The molecule has 0 aromatic rings. The number of hydrogen-bond acceptors (Lipinski definition) is 3. The average Bonchev–Trinajstić information content (AvgIpc) is 2.12. The Kier molecular flexibility index (Phi) is 2.54. The predicted molar refractivity (Wildman–Crippen MR) is 41.1 cm³/mol. The SMILES string of the molecule is CC1CCCC1CS(=O)(=O)[O-]. The standard InChI is InChI=1S/C7H14O3S/c1-6-3-2-4-7(6)5-11(8,9)10/h6-7H,2-5H2,1H3,(H,8,9,10)/p-1. The Hall–Kier alpha value is -0.0900. The third-order valence-corrected chi connectivity index (χ3v) is 3.29. The highest BCUT2D eigenvalue weighted by Crippen LogP contribution is 2.31. The van der Waals surface area contributed by atoms with Crippen molar-refractivity contribution in [2.45, 2.75) is 26.2 Å². The van der Waals surface area contributed by atoms with Crippen molar-refractivity contribution in [2.24, 2.45) is 11.8 Å². The van der Waals surface area contributed by atoms with E-state index in [9.17, 15) is 13.0 Å². The van der Waals surface area contributed by atoms with Crippen molar-refractivity contribution >= 4 is 10.1 Å². The molecule has 0 saturated heterocycles. The van der Waals surface area contributed by atoms with E-state index in [2.05, 4.69) is 0 Å². The lowest BCUT2D eigenvalue weighted by molar-refractivity contribution is 0.414. The van der Waals surface area contributed by atoms with Gasteiger partial charge in [-0.15, -0.1) is 0 Å². The Morgan fingerprint density at radius 2 is 2.09 bits per heavy atom. The molecule has 1 rings (SSSR count). The van der Waals surface area contributed by atoms with Crippen molar-refractivity contribution in [2.75, 3.05) is 5.75 Å². The van der Waals surface area contributed by atoms with Gasteiger partial charge in [0.1, 0.15) is 0 Å². The van der Waals surface area contributed by atoms with Gasteiger partial charge in [0, 0.05) is 5.75 Å². The Morgan fingerprint density at radius 3 is 2.45 bits per heavy atom. The minimum Gasteiger partial charge on any atom is -0.748 e. The Morgan fingerprint density at radius 1 is 1.45 bits per heavy atom. The topological polar surface area (TPSA) is 57.2 Å². The monoisotopic (exact) mass is 177 g/mol. The van der Waals surface area contributed by atoms with Gasteiger partial charge in [-0.2, -0.15) is 0 Å². The van der Waals surface area contributed by atoms with E-state index in [1.807, 2.05) is 6.92 Å². The second kappa shape index (κ2) is 3.11. The summed E-state index contributed by atoms with van der Waals surface area (Å²) in [4.78, 5) is 0. The molecule has 1 saturated carbocycles. The zero-order valence-corrected chi connectivity index (χ0v) is 7.43. The van der Waals surface area contributed by atoms with Crippen LogP contribution in [-0.4, -0.2) is 18.7 Å². The Balaban J connectivity index is 2.50. The molecule has 66 valence electrons. The van der Waals surface area contributed by atoms with Crippen molar-refractivity contribution in [3.63, 3.8) is 0 Å². The molecule has 1 fully saturated rings. The third-order valence-electron chi connectivity index (χ3n) is 2.46. The van der Waals surface area contributed by atoms with E-state index in [0.29, 0.717) is 5.92 Å². The molecule has 1 aliphatic rings. The van der Waals surface area contributed by atoms with E-state index in [-0.39, 0.29) is 11.7 Å². The van der Waals surface area contributed by atoms with Gasteiger partial charge in [-0.1, -0.05) is 19.8 Å². The molecule has 0 bridgehead atoms. The molecule has 3 nitrogen and oxygen atoms in total. The molecule has 1 aliphatic carbocycles. The first-order valence-corrected chi connectivity index (χ1v) is 5.50. The summed E-state index contributed by atoms with van der Waals surface area (Å²) in [7, 11) is -3.99. The van der Waals surface area contributed by atoms with E-state index in [1.165, 1.54) is 0 Å². The molecule has 0 spiro atoms. The molecular formula is C7H13O3S-. The zero-order chi connectivity index (χ0) is 8.48. The molecule has 11 heavy (non-hydrogen) atoms. The van der Waals surface area contributed by atoms with Gasteiger partial charge in [0.05, 0.1) is 10.1 Å². The zero-order valence-electron chi connectivity index (χ0n) is 6.62. The summed E-state index contributed by atoms with van der Waals surface area (Å²) in [5, 5.41) is 0. The summed E-state index contributed by atoms with van der Waals surface area (Å²) in [6.07, 6.45) is 3.05. The van der Waals surface area contributed by atoms with Gasteiger partial charge in [-0.3, -0.25) is 0 Å². The van der Waals surface area contributed by atoms with E-state index in [0.717, 1.165) is 19.3 Å². The fourth-order valence-corrected chi connectivity index (χ4v) is 2.75. The first-order chi connectivity index (χ1) is 4.99. The van der Waals surface area contributed by atoms with Gasteiger partial charge in [-0.05, 0) is 18.3 Å². The first kappa shape index (κ1) is 9.00. The van der Waals surface area contributed by atoms with Gasteiger partial charge < -0.3 is 4.55 Å². The van der Waals surface area contributed by atoms with Crippen LogP contribution in [0.1, 0.15) is 26.2 Å². The third kappa shape index (κ3) is 2.79. The van der Waals surface area contributed by atoms with Gasteiger partial charge in [0.15, 0.2) is 0 Å². The molecule has 0 aromatic carbocycles. The van der Waals surface area contributed by atoms with Crippen molar-refractivity contribution < 1.29 is 13.0 Å². The molecule has 0 radical (unpaired) electrons. The van der Waals surface area contributed by atoms with Crippen molar-refractivity contribution in [1.82, 2.24) is 0 Å². The highest BCUT2D eigenvalue weighted by Gasteiger charge is 2.24. The maximum atomic E-state index is 10.4. The Bertz CT molecular complexity index is 220. The average molecular weight is 177 g/mol.